The van der Waals surface area contributed by atoms with Crippen LogP contribution in [0.4, 0.5) is 0 Å². The van der Waals surface area contributed by atoms with Gasteiger partial charge in [0, 0.05) is 17.7 Å². The molecule has 120 valence electrons. The Morgan fingerprint density at radius 2 is 2.00 bits per heavy atom. The summed E-state index contributed by atoms with van der Waals surface area (Å²) in [5, 5.41) is 8.28. The first-order valence-corrected chi connectivity index (χ1v) is 9.14. The molecule has 1 aromatic heterocycles. The molecule has 0 bridgehead atoms. The lowest BCUT2D eigenvalue weighted by Gasteiger charge is -2.29. The predicted molar refractivity (Wildman–Crippen MR) is 88.5 cm³/mol. The highest BCUT2D eigenvalue weighted by molar-refractivity contribution is 7.99. The highest BCUT2D eigenvalue weighted by Gasteiger charge is 2.25. The zero-order valence-electron chi connectivity index (χ0n) is 13.8. The van der Waals surface area contributed by atoms with Crippen molar-refractivity contribution < 1.29 is 4.52 Å². The van der Waals surface area contributed by atoms with Crippen LogP contribution in [0.5, 0.6) is 0 Å². The Hall–Kier alpha value is -0.550. The third-order valence-corrected chi connectivity index (χ3v) is 5.65. The summed E-state index contributed by atoms with van der Waals surface area (Å²) in [5.41, 5.74) is 0.181. The van der Waals surface area contributed by atoms with E-state index in [-0.39, 0.29) is 5.41 Å². The Balaban J connectivity index is 1.83. The lowest BCUT2D eigenvalue weighted by Crippen LogP contribution is -2.39. The third-order valence-electron chi connectivity index (χ3n) is 4.28. The standard InChI is InChI=1S/C16H29N3OS/c1-16(2,3)13(17-4)10-15-18-14(19-20-15)11-21-12-8-6-5-7-9-12/h12-13,17H,5-11H2,1-4H3. The lowest BCUT2D eigenvalue weighted by atomic mass is 9.85. The second-order valence-electron chi connectivity index (χ2n) is 7.09. The molecule has 0 spiro atoms. The van der Waals surface area contributed by atoms with E-state index in [4.69, 9.17) is 4.52 Å². The summed E-state index contributed by atoms with van der Waals surface area (Å²) < 4.78 is 5.42. The smallest absolute Gasteiger partial charge is 0.228 e. The van der Waals surface area contributed by atoms with Crippen molar-refractivity contribution in [2.24, 2.45) is 5.41 Å². The molecule has 1 saturated carbocycles. The second-order valence-corrected chi connectivity index (χ2v) is 8.38. The predicted octanol–water partition coefficient (Wildman–Crippen LogP) is 3.81. The van der Waals surface area contributed by atoms with Crippen LogP contribution in [0.2, 0.25) is 0 Å². The largest absolute Gasteiger partial charge is 0.339 e. The van der Waals surface area contributed by atoms with E-state index in [0.29, 0.717) is 6.04 Å². The molecule has 1 aromatic rings. The van der Waals surface area contributed by atoms with Crippen LogP contribution >= 0.6 is 11.8 Å². The molecule has 1 heterocycles. The van der Waals surface area contributed by atoms with Crippen LogP contribution < -0.4 is 5.32 Å². The van der Waals surface area contributed by atoms with Gasteiger partial charge in [-0.25, -0.2) is 0 Å². The van der Waals surface area contributed by atoms with E-state index in [0.717, 1.165) is 29.1 Å². The minimum absolute atomic E-state index is 0.181. The number of likely N-dealkylation sites (N-methyl/N-ethyl adjacent to an activating group) is 1. The molecule has 1 atom stereocenters. The maximum absolute atomic E-state index is 5.42. The Bertz CT molecular complexity index is 421. The summed E-state index contributed by atoms with van der Waals surface area (Å²) in [6.45, 7) is 6.68. The van der Waals surface area contributed by atoms with Gasteiger partial charge >= 0.3 is 0 Å². The summed E-state index contributed by atoms with van der Waals surface area (Å²) in [7, 11) is 1.99. The number of aromatic nitrogens is 2. The van der Waals surface area contributed by atoms with Crippen molar-refractivity contribution in [2.75, 3.05) is 7.05 Å². The summed E-state index contributed by atoms with van der Waals surface area (Å²) in [5.74, 6) is 2.49. The van der Waals surface area contributed by atoms with Gasteiger partial charge in [0.15, 0.2) is 5.82 Å². The van der Waals surface area contributed by atoms with Crippen molar-refractivity contribution in [1.29, 1.82) is 0 Å². The van der Waals surface area contributed by atoms with Crippen LogP contribution in [0.1, 0.15) is 64.6 Å². The molecule has 1 fully saturated rings. The van der Waals surface area contributed by atoms with Gasteiger partial charge in [-0.05, 0) is 25.3 Å². The molecule has 0 saturated heterocycles. The van der Waals surface area contributed by atoms with Crippen LogP contribution in [0.25, 0.3) is 0 Å². The quantitative estimate of drug-likeness (QED) is 0.865. The molecule has 1 N–H and O–H groups in total. The Kier molecular flexibility index (Phi) is 6.11. The minimum Gasteiger partial charge on any atom is -0.339 e. The highest BCUT2D eigenvalue weighted by Crippen LogP contribution is 2.30. The van der Waals surface area contributed by atoms with Gasteiger partial charge in [0.2, 0.25) is 5.89 Å². The van der Waals surface area contributed by atoms with Gasteiger partial charge in [-0.15, -0.1) is 0 Å². The normalized spacial score (nSPS) is 18.9. The number of nitrogens with one attached hydrogen (secondary N) is 1. The summed E-state index contributed by atoms with van der Waals surface area (Å²) >= 11 is 1.99. The molecule has 5 heteroatoms. The van der Waals surface area contributed by atoms with E-state index >= 15 is 0 Å². The molecule has 0 radical (unpaired) electrons. The fourth-order valence-corrected chi connectivity index (χ4v) is 4.04. The fourth-order valence-electron chi connectivity index (χ4n) is 2.87. The zero-order chi connectivity index (χ0) is 15.3. The Labute approximate surface area is 132 Å². The van der Waals surface area contributed by atoms with Gasteiger partial charge in [0.05, 0.1) is 5.75 Å². The summed E-state index contributed by atoms with van der Waals surface area (Å²) in [6, 6.07) is 0.344. The van der Waals surface area contributed by atoms with Gasteiger partial charge in [-0.2, -0.15) is 16.7 Å². The maximum Gasteiger partial charge on any atom is 0.228 e. The van der Waals surface area contributed by atoms with Crippen LogP contribution in [-0.4, -0.2) is 28.5 Å². The van der Waals surface area contributed by atoms with Gasteiger partial charge in [-0.3, -0.25) is 0 Å². The molecule has 2 rings (SSSR count). The average Bonchev–Trinajstić information content (AvgIpc) is 2.90. The van der Waals surface area contributed by atoms with Crippen molar-refractivity contribution in [3.63, 3.8) is 0 Å². The van der Waals surface area contributed by atoms with Gasteiger partial charge in [0.1, 0.15) is 0 Å². The molecule has 21 heavy (non-hydrogen) atoms. The molecule has 0 aromatic carbocycles. The van der Waals surface area contributed by atoms with Crippen molar-refractivity contribution in [3.05, 3.63) is 11.7 Å². The number of nitrogens with zero attached hydrogens (tertiary/aromatic N) is 2. The first-order valence-electron chi connectivity index (χ1n) is 8.09. The molecule has 1 unspecified atom stereocenters. The SMILES string of the molecule is CNC(Cc1nc(CSC2CCCCC2)no1)C(C)(C)C. The topological polar surface area (TPSA) is 51.0 Å². The van der Waals surface area contributed by atoms with E-state index in [9.17, 15) is 0 Å². The number of thioether (sulfide) groups is 1. The van der Waals surface area contributed by atoms with Crippen LogP contribution in [0.15, 0.2) is 4.52 Å². The lowest BCUT2D eigenvalue weighted by molar-refractivity contribution is 0.255. The number of rotatable bonds is 6. The maximum atomic E-state index is 5.42. The van der Waals surface area contributed by atoms with Gasteiger partial charge in [0.25, 0.3) is 0 Å². The fraction of sp³-hybridized carbons (Fsp3) is 0.875. The molecule has 4 nitrogen and oxygen atoms in total. The number of hydrogen-bond donors (Lipinski definition) is 1. The third kappa shape index (κ3) is 5.29. The Morgan fingerprint density at radius 1 is 1.29 bits per heavy atom. The monoisotopic (exact) mass is 311 g/mol. The first kappa shape index (κ1) is 16.8. The van der Waals surface area contributed by atoms with E-state index in [1.165, 1.54) is 32.1 Å². The van der Waals surface area contributed by atoms with Gasteiger partial charge < -0.3 is 9.84 Å². The molecule has 1 aliphatic rings. The van der Waals surface area contributed by atoms with Crippen molar-refractivity contribution in [1.82, 2.24) is 15.5 Å². The van der Waals surface area contributed by atoms with Crippen LogP contribution in [-0.2, 0) is 12.2 Å². The summed E-state index contributed by atoms with van der Waals surface area (Å²) in [4.78, 5) is 4.56. The first-order chi connectivity index (χ1) is 9.99. The Morgan fingerprint density at radius 3 is 2.62 bits per heavy atom. The van der Waals surface area contributed by atoms with Crippen molar-refractivity contribution >= 4 is 11.8 Å². The van der Waals surface area contributed by atoms with Gasteiger partial charge in [-0.1, -0.05) is 45.2 Å². The van der Waals surface area contributed by atoms with Crippen molar-refractivity contribution in [2.45, 2.75) is 76.3 Å². The highest BCUT2D eigenvalue weighted by atomic mass is 32.2. The van der Waals surface area contributed by atoms with Crippen LogP contribution in [0.3, 0.4) is 0 Å². The van der Waals surface area contributed by atoms with E-state index < -0.39 is 0 Å². The molecule has 0 aliphatic heterocycles. The van der Waals surface area contributed by atoms with E-state index in [2.05, 4.69) is 36.2 Å². The minimum atomic E-state index is 0.181. The van der Waals surface area contributed by atoms with Crippen molar-refractivity contribution in [3.8, 4) is 0 Å². The second kappa shape index (κ2) is 7.63. The molecule has 1 aliphatic carbocycles. The zero-order valence-corrected chi connectivity index (χ0v) is 14.6. The summed E-state index contributed by atoms with van der Waals surface area (Å²) in [6.07, 6.45) is 7.65. The average molecular weight is 311 g/mol. The van der Waals surface area contributed by atoms with Crippen LogP contribution in [0, 0.1) is 5.41 Å². The molecule has 0 amide bonds. The molecular formula is C16H29N3OS. The van der Waals surface area contributed by atoms with E-state index in [1.807, 2.05) is 18.8 Å². The molecular weight excluding hydrogens is 282 g/mol. The van der Waals surface area contributed by atoms with E-state index in [1.54, 1.807) is 0 Å². The number of hydrogen-bond acceptors (Lipinski definition) is 5.